The molecular weight excluding hydrogens is 517 g/mol. The minimum atomic E-state index is -0.576. The molecule has 5 rings (SSSR count). The molecule has 3 aromatic heterocycles. The van der Waals surface area contributed by atoms with Crippen LogP contribution in [0.15, 0.2) is 48.5 Å². The van der Waals surface area contributed by atoms with Crippen LogP contribution in [0.4, 0.5) is 10.2 Å². The number of nitrogens with zero attached hydrogens (tertiary/aromatic N) is 5. The Kier molecular flexibility index (Phi) is 7.95. The highest BCUT2D eigenvalue weighted by Gasteiger charge is 2.24. The molecule has 1 aliphatic rings. The maximum absolute atomic E-state index is 16.1. The topological polar surface area (TPSA) is 116 Å². The molecule has 0 aliphatic carbocycles. The molecule has 0 radical (unpaired) electrons. The van der Waals surface area contributed by atoms with Crippen LogP contribution in [-0.4, -0.2) is 64.6 Å². The molecule has 1 saturated heterocycles. The van der Waals surface area contributed by atoms with Crippen LogP contribution in [0.3, 0.4) is 0 Å². The average molecular weight is 546 g/mol. The minimum Gasteiger partial charge on any atom is -0.462 e. The van der Waals surface area contributed by atoms with Crippen LogP contribution >= 0.6 is 11.3 Å². The van der Waals surface area contributed by atoms with E-state index in [1.165, 1.54) is 6.20 Å². The minimum absolute atomic E-state index is 0.0436. The van der Waals surface area contributed by atoms with Gasteiger partial charge < -0.3 is 20.3 Å². The number of nitrogens with one attached hydrogen (secondary N) is 2. The molecule has 1 amide bonds. The number of nitriles is 1. The molecule has 4 aromatic rings. The largest absolute Gasteiger partial charge is 0.462 e. The summed E-state index contributed by atoms with van der Waals surface area (Å²) in [6, 6.07) is 9.48. The van der Waals surface area contributed by atoms with Gasteiger partial charge in [-0.1, -0.05) is 18.7 Å². The van der Waals surface area contributed by atoms with Crippen LogP contribution in [0.5, 0.6) is 6.01 Å². The summed E-state index contributed by atoms with van der Waals surface area (Å²) >= 11 is 1.58. The van der Waals surface area contributed by atoms with Gasteiger partial charge >= 0.3 is 6.01 Å². The molecule has 1 fully saturated rings. The second kappa shape index (κ2) is 11.7. The van der Waals surface area contributed by atoms with Gasteiger partial charge in [-0.15, -0.1) is 11.3 Å². The number of hydrogen-bond donors (Lipinski definition) is 2. The number of anilines is 1. The summed E-state index contributed by atoms with van der Waals surface area (Å²) < 4.78 is 23.2. The van der Waals surface area contributed by atoms with Gasteiger partial charge in [0.25, 0.3) is 0 Å². The van der Waals surface area contributed by atoms with Crippen molar-refractivity contribution in [1.29, 1.82) is 5.26 Å². The molecule has 11 heteroatoms. The van der Waals surface area contributed by atoms with Gasteiger partial charge in [-0.05, 0) is 50.0 Å². The van der Waals surface area contributed by atoms with Gasteiger partial charge in [0.1, 0.15) is 23.6 Å². The summed E-state index contributed by atoms with van der Waals surface area (Å²) in [5.41, 5.74) is 0.947. The van der Waals surface area contributed by atoms with E-state index < -0.39 is 17.8 Å². The van der Waals surface area contributed by atoms with Gasteiger partial charge in [0.2, 0.25) is 5.91 Å². The number of fused-ring (bicyclic) bond motifs is 2. The molecule has 9 nitrogen and oxygen atoms in total. The smallest absolute Gasteiger partial charge is 0.319 e. The Morgan fingerprint density at radius 1 is 1.38 bits per heavy atom. The number of halogens is 1. The molecule has 200 valence electrons. The van der Waals surface area contributed by atoms with Gasteiger partial charge in [-0.25, -0.2) is 4.39 Å². The number of hydrogen-bond acceptors (Lipinski definition) is 9. The SMILES string of the molecule is C=CC(=O)N[C@@H](CC#N)CNc1nc(OC[C@@H]2CCCN2C)nc2c(F)c(-c3cccc4sccc34)ncc12. The van der Waals surface area contributed by atoms with Crippen molar-refractivity contribution >= 4 is 44.1 Å². The lowest BCUT2D eigenvalue weighted by atomic mass is 10.1. The van der Waals surface area contributed by atoms with Crippen molar-refractivity contribution in [2.45, 2.75) is 31.3 Å². The number of benzene rings is 1. The number of pyridine rings is 1. The van der Waals surface area contributed by atoms with E-state index in [9.17, 15) is 10.1 Å². The first-order valence-corrected chi connectivity index (χ1v) is 13.6. The zero-order chi connectivity index (χ0) is 27.4. The van der Waals surface area contributed by atoms with Crippen LogP contribution in [0.25, 0.3) is 32.2 Å². The number of likely N-dealkylation sites (N-methyl/N-ethyl adjacent to an activating group) is 1. The number of amides is 1. The number of aromatic nitrogens is 3. The number of rotatable bonds is 10. The summed E-state index contributed by atoms with van der Waals surface area (Å²) in [6.07, 6.45) is 4.84. The maximum atomic E-state index is 16.1. The lowest BCUT2D eigenvalue weighted by molar-refractivity contribution is -0.117. The quantitative estimate of drug-likeness (QED) is 0.280. The van der Waals surface area contributed by atoms with Gasteiger partial charge in [0.05, 0.1) is 23.9 Å². The van der Waals surface area contributed by atoms with E-state index in [0.717, 1.165) is 35.5 Å². The highest BCUT2D eigenvalue weighted by atomic mass is 32.1. The van der Waals surface area contributed by atoms with Crippen molar-refractivity contribution in [1.82, 2.24) is 25.2 Å². The second-order valence-corrected chi connectivity index (χ2v) is 10.4. The van der Waals surface area contributed by atoms with Gasteiger partial charge in [-0.2, -0.15) is 15.2 Å². The Morgan fingerprint density at radius 3 is 3.03 bits per heavy atom. The van der Waals surface area contributed by atoms with Crippen molar-refractivity contribution in [3.63, 3.8) is 0 Å². The van der Waals surface area contributed by atoms with Crippen molar-refractivity contribution < 1.29 is 13.9 Å². The Bertz CT molecular complexity index is 1570. The predicted molar refractivity (Wildman–Crippen MR) is 150 cm³/mol. The molecule has 39 heavy (non-hydrogen) atoms. The number of carbonyl (C=O) groups is 1. The zero-order valence-corrected chi connectivity index (χ0v) is 22.3. The third-order valence-corrected chi connectivity index (χ3v) is 7.76. The molecule has 2 atom stereocenters. The van der Waals surface area contributed by atoms with Crippen LogP contribution in [0, 0.1) is 17.1 Å². The highest BCUT2D eigenvalue weighted by Crippen LogP contribution is 2.35. The van der Waals surface area contributed by atoms with E-state index >= 15 is 4.39 Å². The lowest BCUT2D eigenvalue weighted by Crippen LogP contribution is -2.38. The van der Waals surface area contributed by atoms with E-state index in [1.54, 1.807) is 11.3 Å². The molecular formula is C28H28FN7O2S. The Balaban J connectivity index is 1.53. The van der Waals surface area contributed by atoms with Gasteiger partial charge in [0.15, 0.2) is 5.82 Å². The summed E-state index contributed by atoms with van der Waals surface area (Å²) in [5, 5.41) is 18.3. The first-order chi connectivity index (χ1) is 19.0. The summed E-state index contributed by atoms with van der Waals surface area (Å²) in [5.74, 6) is -0.667. The normalized spacial score (nSPS) is 16.2. The summed E-state index contributed by atoms with van der Waals surface area (Å²) in [6.45, 7) is 5.00. The second-order valence-electron chi connectivity index (χ2n) is 9.42. The van der Waals surface area contributed by atoms with Crippen molar-refractivity contribution in [3.05, 3.63) is 54.3 Å². The van der Waals surface area contributed by atoms with Crippen molar-refractivity contribution in [3.8, 4) is 23.3 Å². The maximum Gasteiger partial charge on any atom is 0.319 e. The molecule has 2 N–H and O–H groups in total. The summed E-state index contributed by atoms with van der Waals surface area (Å²) in [7, 11) is 2.05. The molecule has 1 aromatic carbocycles. The lowest BCUT2D eigenvalue weighted by Gasteiger charge is -2.20. The molecule has 4 heterocycles. The summed E-state index contributed by atoms with van der Waals surface area (Å²) in [4.78, 5) is 27.5. The number of likely N-dealkylation sites (tertiary alicyclic amines) is 1. The van der Waals surface area contributed by atoms with Crippen LogP contribution in [0.1, 0.15) is 19.3 Å². The van der Waals surface area contributed by atoms with Crippen LogP contribution < -0.4 is 15.4 Å². The highest BCUT2D eigenvalue weighted by molar-refractivity contribution is 7.17. The van der Waals surface area contributed by atoms with Crippen molar-refractivity contribution in [2.75, 3.05) is 32.1 Å². The Morgan fingerprint density at radius 2 is 2.26 bits per heavy atom. The molecule has 1 aliphatic heterocycles. The van der Waals surface area contributed by atoms with Crippen molar-refractivity contribution in [2.24, 2.45) is 0 Å². The molecule has 0 saturated carbocycles. The number of ether oxygens (including phenoxy) is 1. The van der Waals surface area contributed by atoms with E-state index in [2.05, 4.69) is 43.1 Å². The van der Waals surface area contributed by atoms with Gasteiger partial charge in [-0.3, -0.25) is 9.78 Å². The standard InChI is InChI=1S/C28H28FN7O2S/c1-3-23(37)33-17(9-11-30)14-32-27-21-15-31-25(20-7-4-8-22-19(20)10-13-39-22)24(29)26(21)34-28(35-27)38-16-18-6-5-12-36(18)2/h3-4,7-8,10,13,15,17-18H,1,5-6,9,12,14,16H2,2H3,(H,33,37)(H,32,34,35)/t17-,18-/m0/s1. The first kappa shape index (κ1) is 26.5. The van der Waals surface area contributed by atoms with E-state index in [4.69, 9.17) is 4.74 Å². The third-order valence-electron chi connectivity index (χ3n) is 6.88. The Labute approximate surface area is 229 Å². The fourth-order valence-electron chi connectivity index (χ4n) is 4.75. The van der Waals surface area contributed by atoms with Crippen LogP contribution in [0.2, 0.25) is 0 Å². The van der Waals surface area contributed by atoms with E-state index in [1.807, 2.05) is 36.7 Å². The molecule has 0 unspecified atom stereocenters. The zero-order valence-electron chi connectivity index (χ0n) is 21.5. The fourth-order valence-corrected chi connectivity index (χ4v) is 5.56. The van der Waals surface area contributed by atoms with E-state index in [-0.39, 0.29) is 36.2 Å². The fraction of sp³-hybridized carbons (Fsp3) is 0.321. The third kappa shape index (κ3) is 5.67. The average Bonchev–Trinajstić information content (AvgIpc) is 3.59. The monoisotopic (exact) mass is 545 g/mol. The van der Waals surface area contributed by atoms with E-state index in [0.29, 0.717) is 23.4 Å². The first-order valence-electron chi connectivity index (χ1n) is 12.7. The molecule has 0 spiro atoms. The number of carbonyl (C=O) groups excluding carboxylic acids is 1. The number of thiophene rings is 1. The van der Waals surface area contributed by atoms with Crippen LogP contribution in [-0.2, 0) is 4.79 Å². The Hall–Kier alpha value is -4.14. The molecule has 0 bridgehead atoms. The van der Waals surface area contributed by atoms with Gasteiger partial charge in [0, 0.05) is 34.4 Å². The predicted octanol–water partition coefficient (Wildman–Crippen LogP) is 4.51.